The van der Waals surface area contributed by atoms with Crippen LogP contribution in [0, 0.1) is 6.92 Å². The molecule has 5 rings (SSSR count). The minimum atomic E-state index is -0.0767. The van der Waals surface area contributed by atoms with Gasteiger partial charge in [-0.15, -0.1) is 21.5 Å². The first-order valence-electron chi connectivity index (χ1n) is 10.1. The van der Waals surface area contributed by atoms with Crippen molar-refractivity contribution in [1.82, 2.24) is 19.7 Å². The van der Waals surface area contributed by atoms with Gasteiger partial charge in [0.2, 0.25) is 5.91 Å². The minimum absolute atomic E-state index is 0.0767. The second-order valence-electron chi connectivity index (χ2n) is 7.46. The van der Waals surface area contributed by atoms with Crippen molar-refractivity contribution in [2.24, 2.45) is 0 Å². The number of anilines is 1. The maximum Gasteiger partial charge on any atom is 0.234 e. The molecule has 31 heavy (non-hydrogen) atoms. The molecule has 0 saturated heterocycles. The van der Waals surface area contributed by atoms with Gasteiger partial charge in [-0.3, -0.25) is 9.36 Å². The van der Waals surface area contributed by atoms with Crippen LogP contribution >= 0.6 is 23.1 Å². The smallest absolute Gasteiger partial charge is 0.234 e. The SMILES string of the molecule is Cc1nc(-c2cccc(NC(=O)CSc3nnc(C4CC4)n3-c3ccccc3)c2)cs1. The Morgan fingerprint density at radius 3 is 2.74 bits per heavy atom. The Morgan fingerprint density at radius 2 is 2.00 bits per heavy atom. The van der Waals surface area contributed by atoms with Gasteiger partial charge in [0.05, 0.1) is 16.5 Å². The molecule has 0 spiro atoms. The summed E-state index contributed by atoms with van der Waals surface area (Å²) < 4.78 is 2.08. The number of para-hydroxylation sites is 1. The first-order valence-corrected chi connectivity index (χ1v) is 12.0. The number of thiazole rings is 1. The highest BCUT2D eigenvalue weighted by Gasteiger charge is 2.31. The fourth-order valence-electron chi connectivity index (χ4n) is 3.38. The summed E-state index contributed by atoms with van der Waals surface area (Å²) in [6.45, 7) is 1.99. The first kappa shape index (κ1) is 20.0. The van der Waals surface area contributed by atoms with Crippen LogP contribution in [0.1, 0.15) is 29.6 Å². The molecule has 8 heteroatoms. The van der Waals surface area contributed by atoms with Crippen molar-refractivity contribution < 1.29 is 4.79 Å². The summed E-state index contributed by atoms with van der Waals surface area (Å²) in [5.74, 6) is 1.64. The fraction of sp³-hybridized carbons (Fsp3) is 0.217. The molecule has 0 radical (unpaired) electrons. The lowest BCUT2D eigenvalue weighted by Crippen LogP contribution is -2.14. The van der Waals surface area contributed by atoms with E-state index in [0.29, 0.717) is 5.92 Å². The molecule has 0 bridgehead atoms. The van der Waals surface area contributed by atoms with Crippen LogP contribution in [-0.4, -0.2) is 31.4 Å². The van der Waals surface area contributed by atoms with E-state index in [0.717, 1.165) is 51.5 Å². The summed E-state index contributed by atoms with van der Waals surface area (Å²) >= 11 is 3.02. The van der Waals surface area contributed by atoms with Crippen molar-refractivity contribution in [2.45, 2.75) is 30.8 Å². The molecule has 1 fully saturated rings. The molecule has 0 atom stereocenters. The number of nitrogens with zero attached hydrogens (tertiary/aromatic N) is 4. The maximum atomic E-state index is 12.6. The van der Waals surface area contributed by atoms with Gasteiger partial charge in [-0.1, -0.05) is 42.1 Å². The highest BCUT2D eigenvalue weighted by Crippen LogP contribution is 2.41. The summed E-state index contributed by atoms with van der Waals surface area (Å²) in [5.41, 5.74) is 3.71. The summed E-state index contributed by atoms with van der Waals surface area (Å²) in [7, 11) is 0. The number of carbonyl (C=O) groups is 1. The quantitative estimate of drug-likeness (QED) is 0.389. The van der Waals surface area contributed by atoms with Crippen molar-refractivity contribution in [1.29, 1.82) is 0 Å². The summed E-state index contributed by atoms with van der Waals surface area (Å²) in [5, 5.41) is 15.6. The van der Waals surface area contributed by atoms with Crippen molar-refractivity contribution in [3.05, 3.63) is 70.8 Å². The number of benzene rings is 2. The zero-order valence-electron chi connectivity index (χ0n) is 17.0. The molecule has 1 saturated carbocycles. The third-order valence-electron chi connectivity index (χ3n) is 5.01. The molecule has 2 aromatic heterocycles. The lowest BCUT2D eigenvalue weighted by molar-refractivity contribution is -0.113. The molecular weight excluding hydrogens is 426 g/mol. The predicted molar refractivity (Wildman–Crippen MR) is 125 cm³/mol. The Hall–Kier alpha value is -2.97. The van der Waals surface area contributed by atoms with Crippen molar-refractivity contribution in [2.75, 3.05) is 11.1 Å². The Morgan fingerprint density at radius 1 is 1.16 bits per heavy atom. The van der Waals surface area contributed by atoms with Gasteiger partial charge >= 0.3 is 0 Å². The van der Waals surface area contributed by atoms with E-state index < -0.39 is 0 Å². The van der Waals surface area contributed by atoms with Crippen LogP contribution in [-0.2, 0) is 4.79 Å². The number of amides is 1. The molecule has 1 aliphatic carbocycles. The van der Waals surface area contributed by atoms with Gasteiger partial charge in [-0.2, -0.15) is 0 Å². The molecule has 1 amide bonds. The van der Waals surface area contributed by atoms with Gasteiger partial charge in [-0.25, -0.2) is 4.98 Å². The highest BCUT2D eigenvalue weighted by atomic mass is 32.2. The van der Waals surface area contributed by atoms with E-state index in [-0.39, 0.29) is 11.7 Å². The molecule has 1 N–H and O–H groups in total. The molecule has 2 heterocycles. The maximum absolute atomic E-state index is 12.6. The Balaban J connectivity index is 1.29. The number of aromatic nitrogens is 4. The lowest BCUT2D eigenvalue weighted by Gasteiger charge is -2.10. The van der Waals surface area contributed by atoms with Crippen LogP contribution in [0.25, 0.3) is 16.9 Å². The van der Waals surface area contributed by atoms with E-state index in [1.165, 1.54) is 11.8 Å². The minimum Gasteiger partial charge on any atom is -0.325 e. The van der Waals surface area contributed by atoms with Crippen molar-refractivity contribution in [3.8, 4) is 16.9 Å². The Bertz CT molecular complexity index is 1210. The summed E-state index contributed by atoms with van der Waals surface area (Å²) in [6, 6.07) is 17.9. The van der Waals surface area contributed by atoms with E-state index >= 15 is 0 Å². The number of hydrogen-bond acceptors (Lipinski definition) is 6. The van der Waals surface area contributed by atoms with E-state index in [4.69, 9.17) is 0 Å². The van der Waals surface area contributed by atoms with Gasteiger partial charge in [0.1, 0.15) is 5.82 Å². The van der Waals surface area contributed by atoms with Crippen LogP contribution in [0.3, 0.4) is 0 Å². The molecule has 156 valence electrons. The molecule has 6 nitrogen and oxygen atoms in total. The molecule has 1 aliphatic rings. The monoisotopic (exact) mass is 447 g/mol. The van der Waals surface area contributed by atoms with E-state index in [1.54, 1.807) is 11.3 Å². The predicted octanol–water partition coefficient (Wildman–Crippen LogP) is 5.31. The normalized spacial score (nSPS) is 13.3. The number of carbonyl (C=O) groups excluding carboxylic acids is 1. The Kier molecular flexibility index (Phi) is 5.57. The Labute approximate surface area is 188 Å². The van der Waals surface area contributed by atoms with Gasteiger partial charge in [-0.05, 0) is 44.0 Å². The molecular formula is C23H21N5OS2. The van der Waals surface area contributed by atoms with E-state index in [9.17, 15) is 4.79 Å². The average molecular weight is 448 g/mol. The van der Waals surface area contributed by atoms with Crippen LogP contribution < -0.4 is 5.32 Å². The fourth-order valence-corrected chi connectivity index (χ4v) is 4.76. The second kappa shape index (κ2) is 8.64. The first-order chi connectivity index (χ1) is 15.2. The van der Waals surface area contributed by atoms with Gasteiger partial charge in [0.25, 0.3) is 0 Å². The summed E-state index contributed by atoms with van der Waals surface area (Å²) in [4.78, 5) is 17.2. The standard InChI is InChI=1S/C23H21N5OS2/c1-15-24-20(13-30-15)17-6-5-7-18(12-17)25-21(29)14-31-23-27-26-22(16-10-11-16)28(23)19-8-3-2-4-9-19/h2-9,12-13,16H,10-11,14H2,1H3,(H,25,29). The lowest BCUT2D eigenvalue weighted by atomic mass is 10.1. The van der Waals surface area contributed by atoms with Crippen LogP contribution in [0.5, 0.6) is 0 Å². The zero-order chi connectivity index (χ0) is 21.2. The topological polar surface area (TPSA) is 72.7 Å². The molecule has 4 aromatic rings. The van der Waals surface area contributed by atoms with Gasteiger partial charge in [0.15, 0.2) is 5.16 Å². The molecule has 2 aromatic carbocycles. The van der Waals surface area contributed by atoms with Crippen molar-refractivity contribution >= 4 is 34.7 Å². The van der Waals surface area contributed by atoms with Crippen molar-refractivity contribution in [3.63, 3.8) is 0 Å². The number of nitrogens with one attached hydrogen (secondary N) is 1. The molecule has 0 unspecified atom stereocenters. The third kappa shape index (κ3) is 4.55. The second-order valence-corrected chi connectivity index (χ2v) is 9.46. The summed E-state index contributed by atoms with van der Waals surface area (Å²) in [6.07, 6.45) is 2.29. The van der Waals surface area contributed by atoms with Crippen LogP contribution in [0.4, 0.5) is 5.69 Å². The zero-order valence-corrected chi connectivity index (χ0v) is 18.6. The van der Waals surface area contributed by atoms with E-state index in [2.05, 4.69) is 25.1 Å². The highest BCUT2D eigenvalue weighted by molar-refractivity contribution is 7.99. The van der Waals surface area contributed by atoms with Crippen LogP contribution in [0.15, 0.2) is 65.1 Å². The van der Waals surface area contributed by atoms with Crippen LogP contribution in [0.2, 0.25) is 0 Å². The van der Waals surface area contributed by atoms with Gasteiger partial charge < -0.3 is 5.32 Å². The van der Waals surface area contributed by atoms with Gasteiger partial charge in [0, 0.05) is 28.2 Å². The molecule has 0 aliphatic heterocycles. The third-order valence-corrected chi connectivity index (χ3v) is 6.71. The van der Waals surface area contributed by atoms with E-state index in [1.807, 2.05) is 66.9 Å². The largest absolute Gasteiger partial charge is 0.325 e. The number of thioether (sulfide) groups is 1. The average Bonchev–Trinajstić information content (AvgIpc) is 3.40. The number of hydrogen-bond donors (Lipinski definition) is 1. The number of rotatable bonds is 7. The number of aryl methyl sites for hydroxylation is 1.